The Labute approximate surface area is 89.5 Å². The number of allylic oxidation sites excluding steroid dienone is 1. The van der Waals surface area contributed by atoms with Gasteiger partial charge in [-0.25, -0.2) is 0 Å². The highest BCUT2D eigenvalue weighted by Gasteiger charge is 2.17. The molecule has 0 aliphatic rings. The number of carbonyl (C=O) groups is 2. The average molecular weight is 211 g/mol. The van der Waals surface area contributed by atoms with Crippen LogP contribution in [0.5, 0.6) is 0 Å². The minimum atomic E-state index is -0.963. The van der Waals surface area contributed by atoms with E-state index in [1.807, 2.05) is 13.8 Å². The molecule has 0 saturated heterocycles. The van der Waals surface area contributed by atoms with Gasteiger partial charge in [0.15, 0.2) is 5.78 Å². The number of hydrogen-bond acceptors (Lipinski definition) is 3. The Bertz CT molecular complexity index is 282. The molecule has 0 aromatic rings. The van der Waals surface area contributed by atoms with Gasteiger partial charge in [-0.05, 0) is 18.9 Å². The monoisotopic (exact) mass is 211 g/mol. The van der Waals surface area contributed by atoms with Gasteiger partial charge >= 0.3 is 5.97 Å². The van der Waals surface area contributed by atoms with E-state index >= 15 is 0 Å². The maximum absolute atomic E-state index is 11.5. The largest absolute Gasteiger partial charge is 0.481 e. The second kappa shape index (κ2) is 6.11. The number of hydrogen-bond donors (Lipinski definition) is 2. The van der Waals surface area contributed by atoms with Gasteiger partial charge in [-0.15, -0.1) is 0 Å². The molecule has 1 unspecified atom stereocenters. The zero-order valence-corrected chi connectivity index (χ0v) is 9.23. The van der Waals surface area contributed by atoms with Crippen LogP contribution < -0.4 is 0 Å². The summed E-state index contributed by atoms with van der Waals surface area (Å²) in [6.07, 6.45) is 3.71. The van der Waals surface area contributed by atoms with E-state index in [9.17, 15) is 9.59 Å². The SMILES string of the molecule is CC(C)C(C=N)C(=O)/C=C/[C@@H](C)C(=O)O. The van der Waals surface area contributed by atoms with Gasteiger partial charge in [0, 0.05) is 6.21 Å². The lowest BCUT2D eigenvalue weighted by Crippen LogP contribution is -2.20. The summed E-state index contributed by atoms with van der Waals surface area (Å²) in [5.74, 6) is -2.25. The molecule has 4 nitrogen and oxygen atoms in total. The summed E-state index contributed by atoms with van der Waals surface area (Å²) >= 11 is 0. The molecule has 0 spiro atoms. The van der Waals surface area contributed by atoms with E-state index in [4.69, 9.17) is 10.5 Å². The van der Waals surface area contributed by atoms with Crippen molar-refractivity contribution in [3.05, 3.63) is 12.2 Å². The smallest absolute Gasteiger partial charge is 0.310 e. The molecule has 2 atom stereocenters. The molecule has 0 saturated carbocycles. The third kappa shape index (κ3) is 4.54. The third-order valence-corrected chi connectivity index (χ3v) is 2.17. The Morgan fingerprint density at radius 2 is 1.80 bits per heavy atom. The van der Waals surface area contributed by atoms with E-state index in [2.05, 4.69) is 0 Å². The van der Waals surface area contributed by atoms with Crippen molar-refractivity contribution in [3.63, 3.8) is 0 Å². The minimum Gasteiger partial charge on any atom is -0.481 e. The highest BCUT2D eigenvalue weighted by atomic mass is 16.4. The molecule has 0 rings (SSSR count). The van der Waals surface area contributed by atoms with Gasteiger partial charge < -0.3 is 10.5 Å². The Morgan fingerprint density at radius 3 is 2.13 bits per heavy atom. The van der Waals surface area contributed by atoms with Crippen LogP contribution in [0.2, 0.25) is 0 Å². The summed E-state index contributed by atoms with van der Waals surface area (Å²) in [5.41, 5.74) is 0. The molecule has 0 fully saturated rings. The van der Waals surface area contributed by atoms with Crippen molar-refractivity contribution in [2.45, 2.75) is 20.8 Å². The quantitative estimate of drug-likeness (QED) is 0.519. The molecular formula is C11H17NO3. The number of carbonyl (C=O) groups excluding carboxylic acids is 1. The lowest BCUT2D eigenvalue weighted by Gasteiger charge is -2.11. The van der Waals surface area contributed by atoms with Crippen LogP contribution in [0.3, 0.4) is 0 Å². The molecule has 0 aliphatic carbocycles. The number of rotatable bonds is 6. The third-order valence-electron chi connectivity index (χ3n) is 2.17. The van der Waals surface area contributed by atoms with Crippen LogP contribution in [-0.4, -0.2) is 23.1 Å². The lowest BCUT2D eigenvalue weighted by molar-refractivity contribution is -0.139. The minimum absolute atomic E-state index is 0.0554. The summed E-state index contributed by atoms with van der Waals surface area (Å²) in [5, 5.41) is 15.7. The van der Waals surface area contributed by atoms with Crippen molar-refractivity contribution >= 4 is 18.0 Å². The van der Waals surface area contributed by atoms with Crippen LogP contribution in [0.4, 0.5) is 0 Å². The Balaban J connectivity index is 4.47. The molecule has 4 heteroatoms. The topological polar surface area (TPSA) is 78.2 Å². The van der Waals surface area contributed by atoms with Crippen LogP contribution in [0.1, 0.15) is 20.8 Å². The first-order chi connectivity index (χ1) is 6.90. The fraction of sp³-hybridized carbons (Fsp3) is 0.545. The Hall–Kier alpha value is -1.45. The summed E-state index contributed by atoms with van der Waals surface area (Å²) < 4.78 is 0. The first-order valence-corrected chi connectivity index (χ1v) is 4.85. The summed E-state index contributed by atoms with van der Waals surface area (Å²) in [6, 6.07) is 0. The molecule has 15 heavy (non-hydrogen) atoms. The highest BCUT2D eigenvalue weighted by molar-refractivity contribution is 6.01. The van der Waals surface area contributed by atoms with Crippen molar-refractivity contribution in [1.29, 1.82) is 5.41 Å². The van der Waals surface area contributed by atoms with Crippen LogP contribution in [0.25, 0.3) is 0 Å². The fourth-order valence-electron chi connectivity index (χ4n) is 1.04. The highest BCUT2D eigenvalue weighted by Crippen LogP contribution is 2.10. The van der Waals surface area contributed by atoms with Gasteiger partial charge in [0.1, 0.15) is 0 Å². The van der Waals surface area contributed by atoms with E-state index in [-0.39, 0.29) is 11.7 Å². The average Bonchev–Trinajstić information content (AvgIpc) is 2.14. The van der Waals surface area contributed by atoms with Crippen molar-refractivity contribution < 1.29 is 14.7 Å². The van der Waals surface area contributed by atoms with Gasteiger partial charge in [-0.3, -0.25) is 9.59 Å². The van der Waals surface area contributed by atoms with Crippen molar-refractivity contribution in [2.75, 3.05) is 0 Å². The second-order valence-electron chi connectivity index (χ2n) is 3.82. The second-order valence-corrected chi connectivity index (χ2v) is 3.82. The standard InChI is InChI=1S/C11H17NO3/c1-7(2)9(6-12)10(13)5-4-8(3)11(14)15/h4-9,12H,1-3H3,(H,14,15)/b5-4+,12-6?/t8-,9?/m1/s1. The first-order valence-electron chi connectivity index (χ1n) is 4.85. The van der Waals surface area contributed by atoms with Crippen molar-refractivity contribution in [2.24, 2.45) is 17.8 Å². The predicted molar refractivity (Wildman–Crippen MR) is 58.1 cm³/mol. The molecule has 84 valence electrons. The van der Waals surface area contributed by atoms with Crippen LogP contribution >= 0.6 is 0 Å². The first kappa shape index (κ1) is 13.5. The van der Waals surface area contributed by atoms with Crippen LogP contribution in [-0.2, 0) is 9.59 Å². The number of nitrogens with one attached hydrogen (secondary N) is 1. The number of ketones is 1. The van der Waals surface area contributed by atoms with Crippen LogP contribution in [0, 0.1) is 23.2 Å². The van der Waals surface area contributed by atoms with Crippen LogP contribution in [0.15, 0.2) is 12.2 Å². The number of aliphatic carboxylic acids is 1. The molecule has 0 aromatic carbocycles. The maximum Gasteiger partial charge on any atom is 0.310 e. The zero-order valence-electron chi connectivity index (χ0n) is 9.23. The number of carboxylic acid groups (broad SMARTS) is 1. The predicted octanol–water partition coefficient (Wildman–Crippen LogP) is 1.75. The zero-order chi connectivity index (χ0) is 12.0. The molecule has 0 amide bonds. The van der Waals surface area contributed by atoms with E-state index in [1.165, 1.54) is 19.1 Å². The molecule has 0 aromatic heterocycles. The van der Waals surface area contributed by atoms with Gasteiger partial charge in [-0.1, -0.05) is 19.9 Å². The molecule has 0 aliphatic heterocycles. The lowest BCUT2D eigenvalue weighted by atomic mass is 9.92. The van der Waals surface area contributed by atoms with E-state index in [0.717, 1.165) is 6.21 Å². The molecule has 0 radical (unpaired) electrons. The van der Waals surface area contributed by atoms with Gasteiger partial charge in [-0.2, -0.15) is 0 Å². The molecular weight excluding hydrogens is 194 g/mol. The molecule has 0 bridgehead atoms. The molecule has 2 N–H and O–H groups in total. The van der Waals surface area contributed by atoms with Gasteiger partial charge in [0.25, 0.3) is 0 Å². The number of carboxylic acids is 1. The fourth-order valence-corrected chi connectivity index (χ4v) is 1.04. The van der Waals surface area contributed by atoms with Crippen molar-refractivity contribution in [1.82, 2.24) is 0 Å². The Morgan fingerprint density at radius 1 is 1.27 bits per heavy atom. The summed E-state index contributed by atoms with van der Waals surface area (Å²) in [7, 11) is 0. The van der Waals surface area contributed by atoms with E-state index in [1.54, 1.807) is 0 Å². The molecule has 0 heterocycles. The Kier molecular flexibility index (Phi) is 5.52. The van der Waals surface area contributed by atoms with E-state index in [0.29, 0.717) is 0 Å². The summed E-state index contributed by atoms with van der Waals surface area (Å²) in [6.45, 7) is 5.20. The maximum atomic E-state index is 11.5. The van der Waals surface area contributed by atoms with Gasteiger partial charge in [0.05, 0.1) is 11.8 Å². The van der Waals surface area contributed by atoms with Gasteiger partial charge in [0.2, 0.25) is 0 Å². The summed E-state index contributed by atoms with van der Waals surface area (Å²) in [4.78, 5) is 22.0. The van der Waals surface area contributed by atoms with E-state index < -0.39 is 17.8 Å². The normalized spacial score (nSPS) is 15.2. The van der Waals surface area contributed by atoms with Crippen molar-refractivity contribution in [3.8, 4) is 0 Å².